The van der Waals surface area contributed by atoms with Crippen molar-refractivity contribution in [2.75, 3.05) is 6.54 Å². The van der Waals surface area contributed by atoms with E-state index >= 15 is 0 Å². The number of aryl methyl sites for hydroxylation is 1. The number of nitrogens with one attached hydrogen (secondary N) is 1. The van der Waals surface area contributed by atoms with E-state index in [2.05, 4.69) is 10.2 Å². The molecule has 0 bridgehead atoms. The lowest BCUT2D eigenvalue weighted by Crippen LogP contribution is -2.28. The van der Waals surface area contributed by atoms with Crippen LogP contribution in [0.4, 0.5) is 0 Å². The molecule has 0 amide bonds. The van der Waals surface area contributed by atoms with Crippen LogP contribution in [0.1, 0.15) is 22.5 Å². The Bertz CT molecular complexity index is 305. The van der Waals surface area contributed by atoms with Crippen LogP contribution in [0.25, 0.3) is 0 Å². The van der Waals surface area contributed by atoms with E-state index in [1.807, 2.05) is 0 Å². The van der Waals surface area contributed by atoms with Gasteiger partial charge in [-0.2, -0.15) is 5.10 Å². The third-order valence-electron chi connectivity index (χ3n) is 2.38. The molecule has 1 unspecified atom stereocenters. The Morgan fingerprint density at radius 1 is 1.75 bits per heavy atom. The number of fused-ring (bicyclic) bond motifs is 1. The minimum atomic E-state index is 0.00935. The average Bonchev–Trinajstić information content (AvgIpc) is 2.53. The normalized spacial score (nSPS) is 22.4. The summed E-state index contributed by atoms with van der Waals surface area (Å²) in [5, 5.41) is 6.66. The third-order valence-corrected chi connectivity index (χ3v) is 2.38. The SMILES string of the molecule is NCC1CCc2[nH]ncc2C1=O. The molecular weight excluding hydrogens is 154 g/mol. The Kier molecular flexibility index (Phi) is 1.69. The van der Waals surface area contributed by atoms with Gasteiger partial charge in [-0.25, -0.2) is 0 Å². The lowest BCUT2D eigenvalue weighted by molar-refractivity contribution is 0.0907. The average molecular weight is 165 g/mol. The number of nitrogens with zero attached hydrogens (tertiary/aromatic N) is 1. The molecule has 0 radical (unpaired) electrons. The van der Waals surface area contributed by atoms with Crippen molar-refractivity contribution in [3.63, 3.8) is 0 Å². The molecule has 4 nitrogen and oxygen atoms in total. The van der Waals surface area contributed by atoms with Crippen LogP contribution < -0.4 is 5.73 Å². The summed E-state index contributed by atoms with van der Waals surface area (Å²) in [4.78, 5) is 11.6. The molecular formula is C8H11N3O. The van der Waals surface area contributed by atoms with E-state index in [1.54, 1.807) is 6.20 Å². The minimum absolute atomic E-state index is 0.00935. The molecule has 4 heteroatoms. The fourth-order valence-electron chi connectivity index (χ4n) is 1.61. The number of H-pyrrole nitrogens is 1. The zero-order valence-electron chi connectivity index (χ0n) is 6.71. The molecule has 1 aromatic heterocycles. The summed E-state index contributed by atoms with van der Waals surface area (Å²) in [5.74, 6) is 0.155. The second kappa shape index (κ2) is 2.71. The second-order valence-corrected chi connectivity index (χ2v) is 3.10. The predicted octanol–water partition coefficient (Wildman–Crippen LogP) is 0.113. The molecule has 0 aromatic carbocycles. The number of nitrogens with two attached hydrogens (primary N) is 1. The molecule has 12 heavy (non-hydrogen) atoms. The number of aromatic amines is 1. The van der Waals surface area contributed by atoms with Crippen molar-refractivity contribution in [3.05, 3.63) is 17.5 Å². The van der Waals surface area contributed by atoms with Gasteiger partial charge in [0.15, 0.2) is 5.78 Å². The van der Waals surface area contributed by atoms with Crippen molar-refractivity contribution < 1.29 is 4.79 Å². The quantitative estimate of drug-likeness (QED) is 0.620. The summed E-state index contributed by atoms with van der Waals surface area (Å²) in [5.41, 5.74) is 7.16. The first-order chi connectivity index (χ1) is 5.83. The van der Waals surface area contributed by atoms with Gasteiger partial charge in [0.2, 0.25) is 0 Å². The number of Topliss-reactive ketones (excluding diaryl/α,β-unsaturated/α-hetero) is 1. The number of carbonyl (C=O) groups is 1. The maximum atomic E-state index is 11.6. The van der Waals surface area contributed by atoms with E-state index in [9.17, 15) is 4.79 Å². The summed E-state index contributed by atoms with van der Waals surface area (Å²) < 4.78 is 0. The fraction of sp³-hybridized carbons (Fsp3) is 0.500. The first-order valence-corrected chi connectivity index (χ1v) is 4.09. The van der Waals surface area contributed by atoms with Gasteiger partial charge in [0, 0.05) is 18.2 Å². The van der Waals surface area contributed by atoms with E-state index in [1.165, 1.54) is 0 Å². The van der Waals surface area contributed by atoms with Gasteiger partial charge in [-0.05, 0) is 12.8 Å². The summed E-state index contributed by atoms with van der Waals surface area (Å²) in [6.07, 6.45) is 3.34. The van der Waals surface area contributed by atoms with E-state index in [0.29, 0.717) is 6.54 Å². The topological polar surface area (TPSA) is 71.8 Å². The van der Waals surface area contributed by atoms with Crippen molar-refractivity contribution in [2.24, 2.45) is 11.7 Å². The van der Waals surface area contributed by atoms with Crippen molar-refractivity contribution >= 4 is 5.78 Å². The molecule has 3 N–H and O–H groups in total. The van der Waals surface area contributed by atoms with Crippen molar-refractivity contribution in [3.8, 4) is 0 Å². The smallest absolute Gasteiger partial charge is 0.170 e. The van der Waals surface area contributed by atoms with E-state index in [-0.39, 0.29) is 11.7 Å². The van der Waals surface area contributed by atoms with E-state index < -0.39 is 0 Å². The van der Waals surface area contributed by atoms with E-state index in [4.69, 9.17) is 5.73 Å². The summed E-state index contributed by atoms with van der Waals surface area (Å²) >= 11 is 0. The highest BCUT2D eigenvalue weighted by atomic mass is 16.1. The highest BCUT2D eigenvalue weighted by molar-refractivity contribution is 5.99. The highest BCUT2D eigenvalue weighted by Crippen LogP contribution is 2.22. The second-order valence-electron chi connectivity index (χ2n) is 3.10. The summed E-state index contributed by atoms with van der Waals surface area (Å²) in [6.45, 7) is 0.448. The van der Waals surface area contributed by atoms with Gasteiger partial charge in [-0.15, -0.1) is 0 Å². The maximum Gasteiger partial charge on any atom is 0.170 e. The molecule has 0 fully saturated rings. The van der Waals surface area contributed by atoms with Crippen LogP contribution in [0.3, 0.4) is 0 Å². The van der Waals surface area contributed by atoms with Crippen LogP contribution >= 0.6 is 0 Å². The Hall–Kier alpha value is -1.16. The van der Waals surface area contributed by atoms with Gasteiger partial charge in [-0.1, -0.05) is 0 Å². The Morgan fingerprint density at radius 2 is 2.58 bits per heavy atom. The van der Waals surface area contributed by atoms with Gasteiger partial charge < -0.3 is 5.73 Å². The molecule has 0 spiro atoms. The third kappa shape index (κ3) is 0.956. The van der Waals surface area contributed by atoms with E-state index in [0.717, 1.165) is 24.1 Å². The van der Waals surface area contributed by atoms with Crippen LogP contribution in [0.2, 0.25) is 0 Å². The number of carbonyl (C=O) groups excluding carboxylic acids is 1. The van der Waals surface area contributed by atoms with Crippen LogP contribution in [-0.4, -0.2) is 22.5 Å². The molecule has 1 heterocycles. The molecule has 2 rings (SSSR count). The number of rotatable bonds is 1. The summed E-state index contributed by atoms with van der Waals surface area (Å²) in [6, 6.07) is 0. The van der Waals surface area contributed by atoms with Crippen LogP contribution in [0.15, 0.2) is 6.20 Å². The van der Waals surface area contributed by atoms with Crippen molar-refractivity contribution in [1.29, 1.82) is 0 Å². The van der Waals surface area contributed by atoms with Gasteiger partial charge in [0.1, 0.15) is 0 Å². The standard InChI is InChI=1S/C8H11N3O/c9-3-5-1-2-7-6(8(5)12)4-10-11-7/h4-5H,1-3,9H2,(H,10,11). The fourth-order valence-corrected chi connectivity index (χ4v) is 1.61. The van der Waals surface area contributed by atoms with Gasteiger partial charge in [0.05, 0.1) is 11.8 Å². The number of aromatic nitrogens is 2. The summed E-state index contributed by atoms with van der Waals surface area (Å²) in [7, 11) is 0. The van der Waals surface area contributed by atoms with Gasteiger partial charge in [-0.3, -0.25) is 9.89 Å². The van der Waals surface area contributed by atoms with Crippen LogP contribution in [-0.2, 0) is 6.42 Å². The largest absolute Gasteiger partial charge is 0.330 e. The zero-order valence-corrected chi connectivity index (χ0v) is 6.71. The van der Waals surface area contributed by atoms with Crippen LogP contribution in [0.5, 0.6) is 0 Å². The number of hydrogen-bond donors (Lipinski definition) is 2. The molecule has 1 aromatic rings. The molecule has 0 aliphatic heterocycles. The molecule has 1 aliphatic rings. The highest BCUT2D eigenvalue weighted by Gasteiger charge is 2.27. The van der Waals surface area contributed by atoms with Crippen molar-refractivity contribution in [1.82, 2.24) is 10.2 Å². The maximum absolute atomic E-state index is 11.6. The van der Waals surface area contributed by atoms with Gasteiger partial charge in [0.25, 0.3) is 0 Å². The molecule has 1 aliphatic carbocycles. The minimum Gasteiger partial charge on any atom is -0.330 e. The Labute approximate surface area is 70.1 Å². The van der Waals surface area contributed by atoms with Crippen molar-refractivity contribution in [2.45, 2.75) is 12.8 Å². The van der Waals surface area contributed by atoms with Crippen LogP contribution in [0, 0.1) is 5.92 Å². The molecule has 1 atom stereocenters. The lowest BCUT2D eigenvalue weighted by Gasteiger charge is -2.17. The Morgan fingerprint density at radius 3 is 3.33 bits per heavy atom. The molecule has 64 valence electrons. The number of ketones is 1. The number of hydrogen-bond acceptors (Lipinski definition) is 3. The zero-order chi connectivity index (χ0) is 8.55. The molecule has 0 saturated heterocycles. The Balaban J connectivity index is 2.35. The van der Waals surface area contributed by atoms with Gasteiger partial charge >= 0.3 is 0 Å². The molecule has 0 saturated carbocycles. The first kappa shape index (κ1) is 7.49. The first-order valence-electron chi connectivity index (χ1n) is 4.09. The predicted molar refractivity (Wildman–Crippen MR) is 43.8 cm³/mol. The monoisotopic (exact) mass is 165 g/mol. The lowest BCUT2D eigenvalue weighted by atomic mass is 9.87.